The average Bonchev–Trinajstić information content (AvgIpc) is 2.70. The number of nitrogens with zero attached hydrogens (tertiary/aromatic N) is 1. The van der Waals surface area contributed by atoms with Crippen molar-refractivity contribution in [3.05, 3.63) is 54.1 Å². The molecule has 2 aromatic carbocycles. The van der Waals surface area contributed by atoms with Crippen LogP contribution in [0.2, 0.25) is 0 Å². The molecule has 4 heteroatoms. The topological polar surface area (TPSA) is 59.3 Å². The highest BCUT2D eigenvalue weighted by Gasteiger charge is 2.06. The predicted molar refractivity (Wildman–Crippen MR) is 107 cm³/mol. The Labute approximate surface area is 161 Å². The van der Waals surface area contributed by atoms with Crippen LogP contribution in [0.3, 0.4) is 0 Å². The quantitative estimate of drug-likeness (QED) is 0.274. The van der Waals surface area contributed by atoms with E-state index in [0.29, 0.717) is 17.9 Å². The molecule has 0 aliphatic rings. The van der Waals surface area contributed by atoms with Crippen molar-refractivity contribution in [2.45, 2.75) is 51.9 Å². The van der Waals surface area contributed by atoms with Crippen LogP contribution in [0.1, 0.15) is 57.4 Å². The van der Waals surface area contributed by atoms with Crippen LogP contribution >= 0.6 is 0 Å². The molecule has 0 fully saturated rings. The van der Waals surface area contributed by atoms with E-state index >= 15 is 0 Å². The molecule has 2 rings (SSSR count). The van der Waals surface area contributed by atoms with Crippen molar-refractivity contribution >= 4 is 6.16 Å². The van der Waals surface area contributed by atoms with Crippen LogP contribution in [0.4, 0.5) is 4.79 Å². The van der Waals surface area contributed by atoms with Crippen LogP contribution in [0.5, 0.6) is 5.75 Å². The maximum absolute atomic E-state index is 11.7. The Hall–Kier alpha value is -2.80. The molecule has 0 amide bonds. The maximum atomic E-state index is 11.7. The van der Waals surface area contributed by atoms with Crippen LogP contribution in [0.15, 0.2) is 48.5 Å². The number of ether oxygens (including phenoxy) is 2. The fraction of sp³-hybridized carbons (Fsp3) is 0.391. The van der Waals surface area contributed by atoms with Gasteiger partial charge in [-0.25, -0.2) is 4.79 Å². The van der Waals surface area contributed by atoms with Gasteiger partial charge in [0, 0.05) is 0 Å². The van der Waals surface area contributed by atoms with Gasteiger partial charge in [-0.15, -0.1) is 0 Å². The highest BCUT2D eigenvalue weighted by molar-refractivity contribution is 5.67. The van der Waals surface area contributed by atoms with Crippen molar-refractivity contribution in [3.63, 3.8) is 0 Å². The molecule has 0 aliphatic carbocycles. The number of carbonyl (C=O) groups is 1. The summed E-state index contributed by atoms with van der Waals surface area (Å²) in [5, 5.41) is 8.84. The molecule has 0 saturated heterocycles. The molecule has 0 aliphatic heterocycles. The lowest BCUT2D eigenvalue weighted by Crippen LogP contribution is -2.11. The summed E-state index contributed by atoms with van der Waals surface area (Å²) in [6, 6.07) is 16.7. The van der Waals surface area contributed by atoms with Gasteiger partial charge in [0.05, 0.1) is 18.2 Å². The summed E-state index contributed by atoms with van der Waals surface area (Å²) in [4.78, 5) is 11.7. The van der Waals surface area contributed by atoms with Crippen LogP contribution in [0, 0.1) is 11.3 Å². The van der Waals surface area contributed by atoms with Gasteiger partial charge in [-0.2, -0.15) is 5.26 Å². The first kappa shape index (κ1) is 20.5. The third-order valence-electron chi connectivity index (χ3n) is 4.37. The van der Waals surface area contributed by atoms with E-state index in [4.69, 9.17) is 14.7 Å². The van der Waals surface area contributed by atoms with Gasteiger partial charge < -0.3 is 9.47 Å². The summed E-state index contributed by atoms with van der Waals surface area (Å²) in [5.74, 6) is 0.456. The molecule has 0 unspecified atom stereocenters. The number of rotatable bonds is 10. The molecule has 142 valence electrons. The van der Waals surface area contributed by atoms with E-state index in [-0.39, 0.29) is 0 Å². The van der Waals surface area contributed by atoms with Gasteiger partial charge in [0.1, 0.15) is 5.75 Å². The minimum atomic E-state index is -0.660. The zero-order valence-corrected chi connectivity index (χ0v) is 15.9. The Balaban J connectivity index is 1.69. The Morgan fingerprint density at radius 3 is 2.00 bits per heavy atom. The molecule has 2 aromatic rings. The maximum Gasteiger partial charge on any atom is 0.513 e. The van der Waals surface area contributed by atoms with Crippen LogP contribution in [-0.4, -0.2) is 12.8 Å². The fourth-order valence-electron chi connectivity index (χ4n) is 2.79. The zero-order valence-electron chi connectivity index (χ0n) is 15.9. The first-order chi connectivity index (χ1) is 13.2. The van der Waals surface area contributed by atoms with Gasteiger partial charge in [-0.05, 0) is 41.8 Å². The van der Waals surface area contributed by atoms with Gasteiger partial charge in [-0.3, -0.25) is 0 Å². The van der Waals surface area contributed by atoms with E-state index in [1.807, 2.05) is 24.3 Å². The molecule has 0 bridgehead atoms. The van der Waals surface area contributed by atoms with E-state index in [1.54, 1.807) is 24.3 Å². The van der Waals surface area contributed by atoms with Gasteiger partial charge in [-0.1, -0.05) is 69.7 Å². The lowest BCUT2D eigenvalue weighted by atomic mass is 10.0. The summed E-state index contributed by atoms with van der Waals surface area (Å²) >= 11 is 0. The van der Waals surface area contributed by atoms with Crippen LogP contribution in [-0.2, 0) is 4.74 Å². The molecule has 0 radical (unpaired) electrons. The number of nitriles is 1. The van der Waals surface area contributed by atoms with Crippen LogP contribution < -0.4 is 4.74 Å². The summed E-state index contributed by atoms with van der Waals surface area (Å²) in [7, 11) is 0. The number of benzene rings is 2. The Morgan fingerprint density at radius 2 is 1.41 bits per heavy atom. The Bertz CT molecular complexity index is 730. The first-order valence-corrected chi connectivity index (χ1v) is 9.68. The first-order valence-electron chi connectivity index (χ1n) is 9.68. The van der Waals surface area contributed by atoms with Crippen molar-refractivity contribution in [1.82, 2.24) is 0 Å². The molecule has 0 atom stereocenters. The van der Waals surface area contributed by atoms with Gasteiger partial charge in [0.2, 0.25) is 0 Å². The van der Waals surface area contributed by atoms with Gasteiger partial charge >= 0.3 is 6.16 Å². The molecule has 4 nitrogen and oxygen atoms in total. The van der Waals surface area contributed by atoms with E-state index in [1.165, 1.54) is 32.1 Å². The smallest absolute Gasteiger partial charge is 0.434 e. The Kier molecular flexibility index (Phi) is 8.92. The normalized spacial score (nSPS) is 10.2. The minimum Gasteiger partial charge on any atom is -0.434 e. The summed E-state index contributed by atoms with van der Waals surface area (Å²) in [5.41, 5.74) is 2.62. The van der Waals surface area contributed by atoms with Gasteiger partial charge in [0.15, 0.2) is 0 Å². The van der Waals surface area contributed by atoms with Crippen molar-refractivity contribution in [2.75, 3.05) is 6.61 Å². The van der Waals surface area contributed by atoms with E-state index in [0.717, 1.165) is 24.0 Å². The van der Waals surface area contributed by atoms with Gasteiger partial charge in [0.25, 0.3) is 0 Å². The molecular formula is C23H27NO3. The summed E-state index contributed by atoms with van der Waals surface area (Å²) < 4.78 is 10.3. The molecule has 0 N–H and O–H groups in total. The fourth-order valence-corrected chi connectivity index (χ4v) is 2.79. The van der Waals surface area contributed by atoms with Crippen LogP contribution in [0.25, 0.3) is 11.1 Å². The highest BCUT2D eigenvalue weighted by Crippen LogP contribution is 2.23. The molecule has 0 heterocycles. The van der Waals surface area contributed by atoms with E-state index in [9.17, 15) is 4.79 Å². The number of hydrogen-bond donors (Lipinski definition) is 0. The SMILES string of the molecule is CCCCCCCCCOC(=O)Oc1ccc(-c2ccc(C#N)cc2)cc1. The molecule has 0 aromatic heterocycles. The second-order valence-electron chi connectivity index (χ2n) is 6.54. The molecule has 0 spiro atoms. The van der Waals surface area contributed by atoms with Crippen molar-refractivity contribution in [1.29, 1.82) is 5.26 Å². The molecular weight excluding hydrogens is 338 g/mol. The Morgan fingerprint density at radius 1 is 0.852 bits per heavy atom. The third kappa shape index (κ3) is 7.53. The van der Waals surface area contributed by atoms with E-state index in [2.05, 4.69) is 13.0 Å². The summed E-state index contributed by atoms with van der Waals surface area (Å²) in [6.07, 6.45) is 7.58. The standard InChI is InChI=1S/C23H27NO3/c1-2-3-4-5-6-7-8-17-26-23(25)27-22-15-13-21(14-16-22)20-11-9-19(18-24)10-12-20/h9-16H,2-8,17H2,1H3. The lowest BCUT2D eigenvalue weighted by molar-refractivity contribution is 0.0973. The number of hydrogen-bond acceptors (Lipinski definition) is 4. The molecule has 27 heavy (non-hydrogen) atoms. The second-order valence-corrected chi connectivity index (χ2v) is 6.54. The van der Waals surface area contributed by atoms with E-state index < -0.39 is 6.16 Å². The van der Waals surface area contributed by atoms with Crippen molar-refractivity contribution in [2.24, 2.45) is 0 Å². The average molecular weight is 365 g/mol. The summed E-state index contributed by atoms with van der Waals surface area (Å²) in [6.45, 7) is 2.61. The van der Waals surface area contributed by atoms with Crippen molar-refractivity contribution < 1.29 is 14.3 Å². The minimum absolute atomic E-state index is 0.399. The largest absolute Gasteiger partial charge is 0.513 e. The highest BCUT2D eigenvalue weighted by atomic mass is 16.7. The number of carbonyl (C=O) groups excluding carboxylic acids is 1. The monoisotopic (exact) mass is 365 g/mol. The number of unbranched alkanes of at least 4 members (excludes halogenated alkanes) is 6. The predicted octanol–water partition coefficient (Wildman–Crippen LogP) is 6.49. The van der Waals surface area contributed by atoms with Crippen molar-refractivity contribution in [3.8, 4) is 22.9 Å². The molecule has 0 saturated carbocycles. The second kappa shape index (κ2) is 11.7. The lowest BCUT2D eigenvalue weighted by Gasteiger charge is -2.07. The third-order valence-corrected chi connectivity index (χ3v) is 4.37. The zero-order chi connectivity index (χ0) is 19.3.